The molecule has 0 saturated carbocycles. The molecular formula is C14H15N5O. The van der Waals surface area contributed by atoms with Gasteiger partial charge in [0, 0.05) is 28.1 Å². The van der Waals surface area contributed by atoms with Crippen molar-refractivity contribution in [3.05, 3.63) is 46.0 Å². The molecular weight excluding hydrogens is 254 g/mol. The lowest BCUT2D eigenvalue weighted by molar-refractivity contribution is -0.132. The minimum Gasteiger partial charge on any atom is -0.356 e. The number of hydrogen-bond donors (Lipinski definition) is 1. The largest absolute Gasteiger partial charge is 0.356 e. The summed E-state index contributed by atoms with van der Waals surface area (Å²) >= 11 is 0. The molecule has 0 spiro atoms. The van der Waals surface area contributed by atoms with Crippen LogP contribution in [0.5, 0.6) is 0 Å². The van der Waals surface area contributed by atoms with Gasteiger partial charge >= 0.3 is 0 Å². The number of amides is 1. The molecule has 102 valence electrons. The molecule has 1 atom stereocenters. The Labute approximate surface area is 116 Å². The SMILES string of the molecule is CC1c2[nH]c3ccccc3c2CCN1C(=O)CN=[N+]=[N-]. The zero-order chi connectivity index (χ0) is 14.1. The Kier molecular flexibility index (Phi) is 3.08. The van der Waals surface area contributed by atoms with Crippen LogP contribution in [0.3, 0.4) is 0 Å². The number of rotatable bonds is 2. The number of carbonyl (C=O) groups excluding carboxylic acids is 1. The molecule has 2 aromatic rings. The molecule has 0 radical (unpaired) electrons. The molecule has 1 amide bonds. The van der Waals surface area contributed by atoms with E-state index in [0.717, 1.165) is 17.6 Å². The average Bonchev–Trinajstić information content (AvgIpc) is 2.85. The zero-order valence-electron chi connectivity index (χ0n) is 11.2. The molecule has 6 heteroatoms. The summed E-state index contributed by atoms with van der Waals surface area (Å²) in [7, 11) is 0. The first-order valence-corrected chi connectivity index (χ1v) is 6.62. The summed E-state index contributed by atoms with van der Waals surface area (Å²) in [5.41, 5.74) is 11.8. The predicted octanol–water partition coefficient (Wildman–Crippen LogP) is 2.92. The van der Waals surface area contributed by atoms with Gasteiger partial charge in [-0.25, -0.2) is 0 Å². The van der Waals surface area contributed by atoms with Crippen LogP contribution >= 0.6 is 0 Å². The van der Waals surface area contributed by atoms with E-state index in [2.05, 4.69) is 21.1 Å². The van der Waals surface area contributed by atoms with Crippen molar-refractivity contribution in [3.63, 3.8) is 0 Å². The lowest BCUT2D eigenvalue weighted by atomic mass is 9.98. The number of fused-ring (bicyclic) bond motifs is 3. The van der Waals surface area contributed by atoms with Crippen LogP contribution < -0.4 is 0 Å². The molecule has 1 aromatic heterocycles. The zero-order valence-corrected chi connectivity index (χ0v) is 11.2. The molecule has 1 unspecified atom stereocenters. The summed E-state index contributed by atoms with van der Waals surface area (Å²) < 4.78 is 0. The van der Waals surface area contributed by atoms with Gasteiger partial charge in [-0.1, -0.05) is 23.3 Å². The van der Waals surface area contributed by atoms with Crippen molar-refractivity contribution in [2.24, 2.45) is 5.11 Å². The van der Waals surface area contributed by atoms with Crippen LogP contribution in [-0.4, -0.2) is 28.9 Å². The molecule has 1 aliphatic rings. The monoisotopic (exact) mass is 269 g/mol. The summed E-state index contributed by atoms with van der Waals surface area (Å²) in [6.45, 7) is 2.55. The smallest absolute Gasteiger partial charge is 0.229 e. The first kappa shape index (κ1) is 12.6. The maximum atomic E-state index is 12.0. The van der Waals surface area contributed by atoms with Crippen LogP contribution in [0.4, 0.5) is 0 Å². The first-order valence-electron chi connectivity index (χ1n) is 6.62. The van der Waals surface area contributed by atoms with Gasteiger partial charge < -0.3 is 9.88 Å². The molecule has 1 aliphatic heterocycles. The van der Waals surface area contributed by atoms with E-state index in [1.807, 2.05) is 25.1 Å². The van der Waals surface area contributed by atoms with E-state index in [4.69, 9.17) is 5.53 Å². The maximum absolute atomic E-state index is 12.0. The fraction of sp³-hybridized carbons (Fsp3) is 0.357. The lowest BCUT2D eigenvalue weighted by Gasteiger charge is -2.33. The van der Waals surface area contributed by atoms with Crippen LogP contribution in [-0.2, 0) is 11.2 Å². The third kappa shape index (κ3) is 1.90. The van der Waals surface area contributed by atoms with E-state index in [-0.39, 0.29) is 18.5 Å². The topological polar surface area (TPSA) is 84.9 Å². The Balaban J connectivity index is 1.96. The van der Waals surface area contributed by atoms with E-state index in [1.165, 1.54) is 10.9 Å². The number of aromatic amines is 1. The molecule has 2 heterocycles. The van der Waals surface area contributed by atoms with Crippen LogP contribution in [0.1, 0.15) is 24.2 Å². The number of H-pyrrole nitrogens is 1. The number of nitrogens with one attached hydrogen (secondary N) is 1. The second-order valence-electron chi connectivity index (χ2n) is 4.96. The van der Waals surface area contributed by atoms with Crippen molar-refractivity contribution in [2.75, 3.05) is 13.1 Å². The third-order valence-corrected chi connectivity index (χ3v) is 3.92. The molecule has 6 nitrogen and oxygen atoms in total. The highest BCUT2D eigenvalue weighted by Crippen LogP contribution is 2.34. The van der Waals surface area contributed by atoms with E-state index in [9.17, 15) is 4.79 Å². The summed E-state index contributed by atoms with van der Waals surface area (Å²) in [5.74, 6) is -0.125. The number of nitrogens with zero attached hydrogens (tertiary/aromatic N) is 4. The molecule has 20 heavy (non-hydrogen) atoms. The number of hydrogen-bond acceptors (Lipinski definition) is 2. The number of benzene rings is 1. The van der Waals surface area contributed by atoms with Crippen molar-refractivity contribution >= 4 is 16.8 Å². The maximum Gasteiger partial charge on any atom is 0.229 e. The van der Waals surface area contributed by atoms with Gasteiger partial charge in [-0.3, -0.25) is 4.79 Å². The number of para-hydroxylation sites is 1. The van der Waals surface area contributed by atoms with E-state index in [1.54, 1.807) is 4.90 Å². The molecule has 0 aliphatic carbocycles. The van der Waals surface area contributed by atoms with Crippen LogP contribution in [0.15, 0.2) is 29.4 Å². The Morgan fingerprint density at radius 3 is 3.15 bits per heavy atom. The molecule has 1 aromatic carbocycles. The van der Waals surface area contributed by atoms with Crippen LogP contribution in [0.25, 0.3) is 21.3 Å². The van der Waals surface area contributed by atoms with E-state index < -0.39 is 0 Å². The van der Waals surface area contributed by atoms with Crippen LogP contribution in [0.2, 0.25) is 0 Å². The second-order valence-corrected chi connectivity index (χ2v) is 4.96. The minimum absolute atomic E-state index is 0.0208. The number of carbonyl (C=O) groups is 1. The fourth-order valence-corrected chi connectivity index (χ4v) is 2.95. The minimum atomic E-state index is -0.125. The highest BCUT2D eigenvalue weighted by Gasteiger charge is 2.29. The number of azide groups is 1. The molecule has 1 N–H and O–H groups in total. The normalized spacial score (nSPS) is 17.6. The van der Waals surface area contributed by atoms with Gasteiger partial charge in [0.25, 0.3) is 0 Å². The summed E-state index contributed by atoms with van der Waals surface area (Å²) in [4.78, 5) is 19.9. The van der Waals surface area contributed by atoms with Gasteiger partial charge in [-0.2, -0.15) is 0 Å². The third-order valence-electron chi connectivity index (χ3n) is 3.92. The van der Waals surface area contributed by atoms with Crippen molar-refractivity contribution in [3.8, 4) is 0 Å². The molecule has 3 rings (SSSR count). The van der Waals surface area contributed by atoms with Gasteiger partial charge in [0.1, 0.15) is 6.54 Å². The average molecular weight is 269 g/mol. The Morgan fingerprint density at radius 2 is 2.35 bits per heavy atom. The quantitative estimate of drug-likeness (QED) is 0.507. The Hall–Kier alpha value is -2.46. The summed E-state index contributed by atoms with van der Waals surface area (Å²) in [6, 6.07) is 8.16. The summed E-state index contributed by atoms with van der Waals surface area (Å²) in [6.07, 6.45) is 0.825. The van der Waals surface area contributed by atoms with Crippen molar-refractivity contribution in [2.45, 2.75) is 19.4 Å². The number of aromatic nitrogens is 1. The molecule has 0 saturated heterocycles. The van der Waals surface area contributed by atoms with Gasteiger partial charge in [0.2, 0.25) is 5.91 Å². The standard InChI is InChI=1S/C14H15N5O/c1-9-14-11(10-4-2-3-5-12(10)17-14)6-7-19(9)13(20)8-16-18-15/h2-5,9,17H,6-8H2,1H3. The van der Waals surface area contributed by atoms with E-state index in [0.29, 0.717) is 6.54 Å². The van der Waals surface area contributed by atoms with Crippen molar-refractivity contribution < 1.29 is 4.79 Å². The van der Waals surface area contributed by atoms with Gasteiger partial charge in [-0.05, 0) is 30.5 Å². The summed E-state index contributed by atoms with van der Waals surface area (Å²) in [5, 5.41) is 4.59. The highest BCUT2D eigenvalue weighted by atomic mass is 16.2. The molecule has 0 bridgehead atoms. The Morgan fingerprint density at radius 1 is 1.55 bits per heavy atom. The molecule has 0 fully saturated rings. The van der Waals surface area contributed by atoms with Gasteiger partial charge in [0.15, 0.2) is 0 Å². The Bertz CT molecular complexity index is 713. The second kappa shape index (κ2) is 4.90. The fourth-order valence-electron chi connectivity index (χ4n) is 2.95. The van der Waals surface area contributed by atoms with E-state index >= 15 is 0 Å². The van der Waals surface area contributed by atoms with Crippen LogP contribution in [0, 0.1) is 0 Å². The predicted molar refractivity (Wildman–Crippen MR) is 76.1 cm³/mol. The lowest BCUT2D eigenvalue weighted by Crippen LogP contribution is -2.39. The van der Waals surface area contributed by atoms with Crippen molar-refractivity contribution in [1.29, 1.82) is 0 Å². The highest BCUT2D eigenvalue weighted by molar-refractivity contribution is 5.86. The van der Waals surface area contributed by atoms with Gasteiger partial charge in [-0.15, -0.1) is 0 Å². The van der Waals surface area contributed by atoms with Crippen molar-refractivity contribution in [1.82, 2.24) is 9.88 Å². The van der Waals surface area contributed by atoms with Gasteiger partial charge in [0.05, 0.1) is 6.04 Å². The first-order chi connectivity index (χ1) is 9.72.